The van der Waals surface area contributed by atoms with Crippen molar-refractivity contribution in [2.75, 3.05) is 19.9 Å². The molecule has 1 saturated heterocycles. The zero-order chi connectivity index (χ0) is 15.8. The van der Waals surface area contributed by atoms with Gasteiger partial charge >= 0.3 is 0 Å². The Hall–Kier alpha value is -1.79. The Bertz CT molecular complexity index is 719. The van der Waals surface area contributed by atoms with Gasteiger partial charge in [0.25, 0.3) is 0 Å². The monoisotopic (exact) mass is 335 g/mol. The smallest absolute Gasteiger partial charge is 0.231 e. The van der Waals surface area contributed by atoms with Gasteiger partial charge in [0.15, 0.2) is 17.3 Å². The molecule has 122 valence electrons. The maximum Gasteiger partial charge on any atom is 0.231 e. The van der Waals surface area contributed by atoms with E-state index in [0.29, 0.717) is 22.5 Å². The minimum absolute atomic E-state index is 0.237. The first-order chi connectivity index (χ1) is 11.2. The van der Waals surface area contributed by atoms with Crippen LogP contribution in [0.4, 0.5) is 0 Å². The van der Waals surface area contributed by atoms with Gasteiger partial charge < -0.3 is 14.0 Å². The van der Waals surface area contributed by atoms with Gasteiger partial charge in [0.2, 0.25) is 12.7 Å². The van der Waals surface area contributed by atoms with E-state index in [1.165, 1.54) is 0 Å². The van der Waals surface area contributed by atoms with Crippen molar-refractivity contribution in [3.05, 3.63) is 34.4 Å². The third-order valence-electron chi connectivity index (χ3n) is 4.29. The summed E-state index contributed by atoms with van der Waals surface area (Å²) in [6, 6.07) is 3.96. The van der Waals surface area contributed by atoms with Crippen LogP contribution in [0.25, 0.3) is 0 Å². The standard InChI is InChI=1S/C16H18ClN3O3/c1-10-18-16(23-19-10)12-3-2-4-20(8-12)7-11-5-13(17)15-14(6-11)21-9-22-15/h5-6,12H,2-4,7-9H2,1H3/t12-/m0/s1. The van der Waals surface area contributed by atoms with Crippen LogP contribution in [0, 0.1) is 6.92 Å². The lowest BCUT2D eigenvalue weighted by Gasteiger charge is -2.31. The molecule has 0 bridgehead atoms. The lowest BCUT2D eigenvalue weighted by Crippen LogP contribution is -2.34. The van der Waals surface area contributed by atoms with Crippen molar-refractivity contribution in [2.45, 2.75) is 32.2 Å². The third kappa shape index (κ3) is 3.01. The fraction of sp³-hybridized carbons (Fsp3) is 0.500. The van der Waals surface area contributed by atoms with Gasteiger partial charge in [-0.15, -0.1) is 0 Å². The van der Waals surface area contributed by atoms with Gasteiger partial charge in [-0.25, -0.2) is 0 Å². The second kappa shape index (κ2) is 6.02. The summed E-state index contributed by atoms with van der Waals surface area (Å²) in [6.07, 6.45) is 2.20. The number of hydrogen-bond acceptors (Lipinski definition) is 6. The van der Waals surface area contributed by atoms with Gasteiger partial charge in [-0.2, -0.15) is 4.98 Å². The minimum atomic E-state index is 0.237. The van der Waals surface area contributed by atoms with Crippen molar-refractivity contribution in [1.29, 1.82) is 0 Å². The lowest BCUT2D eigenvalue weighted by molar-refractivity contribution is 0.173. The zero-order valence-electron chi connectivity index (χ0n) is 12.9. The van der Waals surface area contributed by atoms with Crippen molar-refractivity contribution >= 4 is 11.6 Å². The van der Waals surface area contributed by atoms with Gasteiger partial charge in [0, 0.05) is 13.1 Å². The van der Waals surface area contributed by atoms with Gasteiger partial charge in [0.05, 0.1) is 10.9 Å². The molecule has 0 spiro atoms. The zero-order valence-corrected chi connectivity index (χ0v) is 13.7. The molecule has 0 amide bonds. The summed E-state index contributed by atoms with van der Waals surface area (Å²) in [4.78, 5) is 6.77. The van der Waals surface area contributed by atoms with Crippen LogP contribution in [-0.4, -0.2) is 34.9 Å². The normalized spacial score (nSPS) is 20.9. The van der Waals surface area contributed by atoms with Crippen molar-refractivity contribution in [3.8, 4) is 11.5 Å². The Morgan fingerprint density at radius 1 is 1.35 bits per heavy atom. The highest BCUT2D eigenvalue weighted by molar-refractivity contribution is 6.32. The SMILES string of the molecule is Cc1noc([C@H]2CCCN(Cc3cc(Cl)c4c(c3)OCO4)C2)n1. The molecule has 0 radical (unpaired) electrons. The minimum Gasteiger partial charge on any atom is -0.454 e. The highest BCUT2D eigenvalue weighted by atomic mass is 35.5. The van der Waals surface area contributed by atoms with Gasteiger partial charge in [-0.05, 0) is 44.0 Å². The van der Waals surface area contributed by atoms with E-state index in [2.05, 4.69) is 15.0 Å². The maximum absolute atomic E-state index is 6.26. The molecular weight excluding hydrogens is 318 g/mol. The summed E-state index contributed by atoms with van der Waals surface area (Å²) in [6.45, 7) is 4.87. The number of benzene rings is 1. The first-order valence-electron chi connectivity index (χ1n) is 7.79. The average Bonchev–Trinajstić information content (AvgIpc) is 3.16. The number of fused-ring (bicyclic) bond motifs is 1. The predicted molar refractivity (Wildman–Crippen MR) is 83.9 cm³/mol. The molecule has 6 nitrogen and oxygen atoms in total. The molecule has 4 rings (SSSR count). The molecule has 7 heteroatoms. The van der Waals surface area contributed by atoms with Crippen LogP contribution in [-0.2, 0) is 6.54 Å². The summed E-state index contributed by atoms with van der Waals surface area (Å²) in [7, 11) is 0. The fourth-order valence-corrected chi connectivity index (χ4v) is 3.54. The largest absolute Gasteiger partial charge is 0.454 e. The number of aryl methyl sites for hydroxylation is 1. The highest BCUT2D eigenvalue weighted by Crippen LogP contribution is 2.40. The topological polar surface area (TPSA) is 60.6 Å². The molecule has 23 heavy (non-hydrogen) atoms. The van der Waals surface area contributed by atoms with Crippen molar-refractivity contribution in [1.82, 2.24) is 15.0 Å². The molecule has 3 heterocycles. The summed E-state index contributed by atoms with van der Waals surface area (Å²) in [5, 5.41) is 4.51. The second-order valence-corrected chi connectivity index (χ2v) is 6.47. The summed E-state index contributed by atoms with van der Waals surface area (Å²) in [5.41, 5.74) is 1.13. The lowest BCUT2D eigenvalue weighted by atomic mass is 9.97. The number of nitrogens with zero attached hydrogens (tertiary/aromatic N) is 3. The van der Waals surface area contributed by atoms with Gasteiger partial charge in [-0.1, -0.05) is 16.8 Å². The van der Waals surface area contributed by atoms with E-state index in [9.17, 15) is 0 Å². The van der Waals surface area contributed by atoms with Crippen molar-refractivity contribution in [3.63, 3.8) is 0 Å². The Balaban J connectivity index is 1.47. The Morgan fingerprint density at radius 2 is 2.26 bits per heavy atom. The first kappa shape index (κ1) is 14.8. The molecule has 2 aliphatic heterocycles. The van der Waals surface area contributed by atoms with E-state index in [1.54, 1.807) is 0 Å². The molecule has 1 fully saturated rings. The number of ether oxygens (including phenoxy) is 2. The second-order valence-electron chi connectivity index (χ2n) is 6.07. The highest BCUT2D eigenvalue weighted by Gasteiger charge is 2.26. The summed E-state index contributed by atoms with van der Waals surface area (Å²) >= 11 is 6.26. The van der Waals surface area contributed by atoms with E-state index >= 15 is 0 Å². The third-order valence-corrected chi connectivity index (χ3v) is 4.57. The van der Waals surface area contributed by atoms with E-state index in [4.69, 9.17) is 25.6 Å². The molecule has 1 aromatic carbocycles. The molecule has 2 aliphatic rings. The quantitative estimate of drug-likeness (QED) is 0.858. The van der Waals surface area contributed by atoms with E-state index < -0.39 is 0 Å². The van der Waals surface area contributed by atoms with Crippen LogP contribution in [0.1, 0.15) is 36.0 Å². The van der Waals surface area contributed by atoms with Crippen LogP contribution < -0.4 is 9.47 Å². The Labute approximate surface area is 139 Å². The molecule has 0 aliphatic carbocycles. The molecule has 0 saturated carbocycles. The number of halogens is 1. The molecule has 1 aromatic heterocycles. The number of aromatic nitrogens is 2. The molecular formula is C16H18ClN3O3. The van der Waals surface area contributed by atoms with Crippen molar-refractivity contribution in [2.24, 2.45) is 0 Å². The van der Waals surface area contributed by atoms with E-state index in [0.717, 1.165) is 49.7 Å². The Morgan fingerprint density at radius 3 is 3.09 bits per heavy atom. The van der Waals surface area contributed by atoms with Crippen LogP contribution in [0.15, 0.2) is 16.7 Å². The van der Waals surface area contributed by atoms with Gasteiger partial charge in [0.1, 0.15) is 0 Å². The van der Waals surface area contributed by atoms with Gasteiger partial charge in [-0.3, -0.25) is 4.90 Å². The summed E-state index contributed by atoms with van der Waals surface area (Å²) < 4.78 is 16.1. The fourth-order valence-electron chi connectivity index (χ4n) is 3.25. The van der Waals surface area contributed by atoms with E-state index in [1.807, 2.05) is 19.1 Å². The summed E-state index contributed by atoms with van der Waals surface area (Å²) in [5.74, 6) is 3.12. The van der Waals surface area contributed by atoms with Crippen LogP contribution >= 0.6 is 11.6 Å². The number of piperidine rings is 1. The first-order valence-corrected chi connectivity index (χ1v) is 8.17. The number of rotatable bonds is 3. The van der Waals surface area contributed by atoms with Crippen LogP contribution in [0.3, 0.4) is 0 Å². The number of hydrogen-bond donors (Lipinski definition) is 0. The molecule has 0 N–H and O–H groups in total. The maximum atomic E-state index is 6.26. The van der Waals surface area contributed by atoms with E-state index in [-0.39, 0.29) is 6.79 Å². The van der Waals surface area contributed by atoms with Crippen LogP contribution in [0.5, 0.6) is 11.5 Å². The molecule has 1 atom stereocenters. The Kier molecular flexibility index (Phi) is 3.87. The predicted octanol–water partition coefficient (Wildman–Crippen LogP) is 3.14. The molecule has 2 aromatic rings. The number of likely N-dealkylation sites (tertiary alicyclic amines) is 1. The average molecular weight is 336 g/mol. The molecule has 0 unspecified atom stereocenters. The van der Waals surface area contributed by atoms with Crippen molar-refractivity contribution < 1.29 is 14.0 Å². The van der Waals surface area contributed by atoms with Crippen LogP contribution in [0.2, 0.25) is 5.02 Å².